The average Bonchev–Trinajstić information content (AvgIpc) is 2.80. The van der Waals surface area contributed by atoms with Crippen LogP contribution in [0.1, 0.15) is 0 Å². The van der Waals surface area contributed by atoms with Crippen molar-refractivity contribution in [3.63, 3.8) is 0 Å². The van der Waals surface area contributed by atoms with Crippen LogP contribution in [-0.4, -0.2) is 56.2 Å². The lowest BCUT2D eigenvalue weighted by molar-refractivity contribution is 0.122. The van der Waals surface area contributed by atoms with Crippen LogP contribution >= 0.6 is 0 Å². The van der Waals surface area contributed by atoms with Crippen molar-refractivity contribution < 1.29 is 4.74 Å². The molecule has 0 spiro atoms. The molecule has 0 aliphatic carbocycles. The third-order valence-electron chi connectivity index (χ3n) is 4.72. The number of nitrogen functional groups attached to an aromatic ring is 1. The van der Waals surface area contributed by atoms with E-state index in [-0.39, 0.29) is 5.95 Å². The van der Waals surface area contributed by atoms with Gasteiger partial charge in [0.15, 0.2) is 0 Å². The van der Waals surface area contributed by atoms with Gasteiger partial charge in [0.25, 0.3) is 0 Å². The van der Waals surface area contributed by atoms with E-state index in [1.54, 1.807) is 24.8 Å². The molecule has 10 heteroatoms. The normalized spacial score (nSPS) is 14.1. The van der Waals surface area contributed by atoms with Gasteiger partial charge in [-0.1, -0.05) is 0 Å². The predicted molar refractivity (Wildman–Crippen MR) is 113 cm³/mol. The van der Waals surface area contributed by atoms with Crippen molar-refractivity contribution in [2.45, 2.75) is 0 Å². The highest BCUT2D eigenvalue weighted by atomic mass is 16.5. The van der Waals surface area contributed by atoms with Crippen LogP contribution < -0.4 is 16.0 Å². The second-order valence-electron chi connectivity index (χ2n) is 6.75. The van der Waals surface area contributed by atoms with Gasteiger partial charge >= 0.3 is 0 Å². The minimum atomic E-state index is 0.219. The number of aromatic nitrogens is 6. The third kappa shape index (κ3) is 3.80. The molecular weight excluding hydrogens is 382 g/mol. The van der Waals surface area contributed by atoms with E-state index in [2.05, 4.69) is 30.2 Å². The Balaban J connectivity index is 1.53. The summed E-state index contributed by atoms with van der Waals surface area (Å²) in [5.74, 6) is 1.49. The van der Waals surface area contributed by atoms with Crippen LogP contribution in [0.15, 0.2) is 49.1 Å². The molecule has 1 aliphatic heterocycles. The van der Waals surface area contributed by atoms with Crippen molar-refractivity contribution in [3.8, 4) is 11.3 Å². The van der Waals surface area contributed by atoms with Gasteiger partial charge in [-0.15, -0.1) is 0 Å². The molecule has 30 heavy (non-hydrogen) atoms. The number of morpholine rings is 1. The smallest absolute Gasteiger partial charge is 0.228 e. The summed E-state index contributed by atoms with van der Waals surface area (Å²) in [6, 6.07) is 7.66. The van der Waals surface area contributed by atoms with Gasteiger partial charge in [-0.2, -0.15) is 4.98 Å². The number of hydrogen-bond acceptors (Lipinski definition) is 10. The maximum Gasteiger partial charge on any atom is 0.228 e. The Hall–Kier alpha value is -3.92. The lowest BCUT2D eigenvalue weighted by Crippen LogP contribution is -2.37. The largest absolute Gasteiger partial charge is 0.378 e. The molecule has 1 saturated heterocycles. The van der Waals surface area contributed by atoms with Gasteiger partial charge in [0.1, 0.15) is 5.82 Å². The standard InChI is InChI=1S/C20H19N9O/c21-19-24-11-13(12-25-19)16-10-18(28-20(27-16)29-5-7-30-8-6-29)26-14-1-2-15-17(9-14)23-4-3-22-15/h1-4,9-12H,5-8H2,(H2,21,24,25)(H,26,27,28). The summed E-state index contributed by atoms with van der Waals surface area (Å²) in [5, 5.41) is 3.35. The molecule has 0 amide bonds. The summed E-state index contributed by atoms with van der Waals surface area (Å²) in [6.45, 7) is 2.74. The van der Waals surface area contributed by atoms with E-state index in [4.69, 9.17) is 20.4 Å². The fourth-order valence-electron chi connectivity index (χ4n) is 3.21. The van der Waals surface area contributed by atoms with Gasteiger partial charge in [0.05, 0.1) is 29.9 Å². The molecule has 5 rings (SSSR count). The number of nitrogens with one attached hydrogen (secondary N) is 1. The van der Waals surface area contributed by atoms with Crippen LogP contribution in [0.5, 0.6) is 0 Å². The van der Waals surface area contributed by atoms with Crippen LogP contribution in [0, 0.1) is 0 Å². The first-order chi connectivity index (χ1) is 14.7. The number of rotatable bonds is 4. The first-order valence-corrected chi connectivity index (χ1v) is 9.52. The van der Waals surface area contributed by atoms with Crippen molar-refractivity contribution in [1.29, 1.82) is 0 Å². The van der Waals surface area contributed by atoms with Gasteiger partial charge < -0.3 is 20.7 Å². The summed E-state index contributed by atoms with van der Waals surface area (Å²) in [7, 11) is 0. The molecule has 0 bridgehead atoms. The number of nitrogens with two attached hydrogens (primary N) is 1. The first-order valence-electron chi connectivity index (χ1n) is 9.52. The van der Waals surface area contributed by atoms with E-state index in [0.29, 0.717) is 30.7 Å². The minimum absolute atomic E-state index is 0.219. The molecule has 1 aliphatic rings. The molecule has 0 atom stereocenters. The highest BCUT2D eigenvalue weighted by Gasteiger charge is 2.17. The predicted octanol–water partition coefficient (Wildman–Crippen LogP) is 2.04. The zero-order valence-corrected chi connectivity index (χ0v) is 16.1. The molecule has 4 aromatic rings. The Morgan fingerprint density at radius 2 is 1.67 bits per heavy atom. The Kier molecular flexibility index (Phi) is 4.74. The summed E-state index contributed by atoms with van der Waals surface area (Å²) < 4.78 is 5.46. The number of benzene rings is 1. The monoisotopic (exact) mass is 401 g/mol. The lowest BCUT2D eigenvalue weighted by atomic mass is 10.2. The molecular formula is C20H19N9O. The van der Waals surface area contributed by atoms with Crippen LogP contribution in [0.2, 0.25) is 0 Å². The summed E-state index contributed by atoms with van der Waals surface area (Å²) >= 11 is 0. The summed E-state index contributed by atoms with van der Waals surface area (Å²) in [5.41, 5.74) is 9.58. The van der Waals surface area contributed by atoms with Crippen molar-refractivity contribution in [2.24, 2.45) is 0 Å². The zero-order valence-electron chi connectivity index (χ0n) is 16.1. The molecule has 1 aromatic carbocycles. The van der Waals surface area contributed by atoms with Gasteiger partial charge in [-0.05, 0) is 18.2 Å². The van der Waals surface area contributed by atoms with Gasteiger partial charge in [0, 0.05) is 55.2 Å². The fraction of sp³-hybridized carbons (Fsp3) is 0.200. The number of hydrogen-bond donors (Lipinski definition) is 2. The number of nitrogens with zero attached hydrogens (tertiary/aromatic N) is 7. The second-order valence-corrected chi connectivity index (χ2v) is 6.75. The Labute approximate surface area is 172 Å². The lowest BCUT2D eigenvalue weighted by Gasteiger charge is -2.27. The molecule has 3 N–H and O–H groups in total. The second kappa shape index (κ2) is 7.84. The summed E-state index contributed by atoms with van der Waals surface area (Å²) in [4.78, 5) is 28.4. The van der Waals surface area contributed by atoms with Gasteiger partial charge in [-0.25, -0.2) is 15.0 Å². The van der Waals surface area contributed by atoms with Gasteiger partial charge in [-0.3, -0.25) is 9.97 Å². The van der Waals surface area contributed by atoms with Crippen molar-refractivity contribution in [2.75, 3.05) is 42.3 Å². The maximum atomic E-state index is 5.63. The summed E-state index contributed by atoms with van der Waals surface area (Å²) in [6.07, 6.45) is 6.66. The molecule has 0 saturated carbocycles. The van der Waals surface area contributed by atoms with Gasteiger partial charge in [0.2, 0.25) is 11.9 Å². The minimum Gasteiger partial charge on any atom is -0.378 e. The van der Waals surface area contributed by atoms with Crippen molar-refractivity contribution in [3.05, 3.63) is 49.1 Å². The molecule has 0 unspecified atom stereocenters. The van der Waals surface area contributed by atoms with E-state index in [1.165, 1.54) is 0 Å². The quantitative estimate of drug-likeness (QED) is 0.524. The topological polar surface area (TPSA) is 128 Å². The molecule has 3 aromatic heterocycles. The highest BCUT2D eigenvalue weighted by Crippen LogP contribution is 2.26. The van der Waals surface area contributed by atoms with Crippen LogP contribution in [0.4, 0.5) is 23.4 Å². The van der Waals surface area contributed by atoms with Crippen molar-refractivity contribution in [1.82, 2.24) is 29.9 Å². The molecule has 0 radical (unpaired) electrons. The zero-order chi connectivity index (χ0) is 20.3. The molecule has 4 heterocycles. The Bertz CT molecular complexity index is 1180. The van der Waals surface area contributed by atoms with E-state index in [9.17, 15) is 0 Å². The first kappa shape index (κ1) is 18.1. The van der Waals surface area contributed by atoms with Crippen LogP contribution in [0.3, 0.4) is 0 Å². The molecule has 150 valence electrons. The van der Waals surface area contributed by atoms with Crippen LogP contribution in [0.25, 0.3) is 22.3 Å². The number of ether oxygens (including phenoxy) is 1. The van der Waals surface area contributed by atoms with Crippen LogP contribution in [-0.2, 0) is 4.74 Å². The SMILES string of the molecule is Nc1ncc(-c2cc(Nc3ccc4nccnc4c3)nc(N3CCOCC3)n2)cn1. The third-order valence-corrected chi connectivity index (χ3v) is 4.72. The Morgan fingerprint density at radius 1 is 0.900 bits per heavy atom. The number of anilines is 4. The van der Waals surface area contributed by atoms with Crippen molar-refractivity contribution >= 4 is 34.4 Å². The maximum absolute atomic E-state index is 5.63. The number of fused-ring (bicyclic) bond motifs is 1. The fourth-order valence-corrected chi connectivity index (χ4v) is 3.21. The Morgan fingerprint density at radius 3 is 2.47 bits per heavy atom. The molecule has 10 nitrogen and oxygen atoms in total. The van der Waals surface area contributed by atoms with E-state index in [0.717, 1.165) is 35.4 Å². The van der Waals surface area contributed by atoms with E-state index < -0.39 is 0 Å². The van der Waals surface area contributed by atoms with E-state index in [1.807, 2.05) is 24.3 Å². The van der Waals surface area contributed by atoms with E-state index >= 15 is 0 Å². The average molecular weight is 401 g/mol. The molecule has 1 fully saturated rings. The highest BCUT2D eigenvalue weighted by molar-refractivity contribution is 5.79.